The molecule has 5 heteroatoms. The van der Waals surface area contributed by atoms with Crippen molar-refractivity contribution in [2.24, 2.45) is 0 Å². The fourth-order valence-corrected chi connectivity index (χ4v) is 1.81. The van der Waals surface area contributed by atoms with Crippen molar-refractivity contribution in [3.63, 3.8) is 0 Å². The lowest BCUT2D eigenvalue weighted by Gasteiger charge is -2.10. The first-order chi connectivity index (χ1) is 8.20. The van der Waals surface area contributed by atoms with E-state index in [0.717, 1.165) is 11.3 Å². The van der Waals surface area contributed by atoms with Gasteiger partial charge in [0.15, 0.2) is 4.77 Å². The van der Waals surface area contributed by atoms with Crippen LogP contribution in [0.4, 0.5) is 0 Å². The Bertz CT molecular complexity index is 631. The Kier molecular flexibility index (Phi) is 3.39. The Balaban J connectivity index is 2.38. The topological polar surface area (TPSA) is 47.0 Å². The van der Waals surface area contributed by atoms with Crippen molar-refractivity contribution in [2.75, 3.05) is 7.11 Å². The van der Waals surface area contributed by atoms with Gasteiger partial charge >= 0.3 is 0 Å². The van der Waals surface area contributed by atoms with Crippen LogP contribution in [0.3, 0.4) is 0 Å². The summed E-state index contributed by atoms with van der Waals surface area (Å²) in [4.78, 5) is 13.6. The lowest BCUT2D eigenvalue weighted by Crippen LogP contribution is -2.12. The van der Waals surface area contributed by atoms with Gasteiger partial charge in [-0.1, -0.05) is 18.2 Å². The molecule has 88 valence electrons. The molecule has 0 spiro atoms. The molecular formula is C12H12N2O2S. The lowest BCUT2D eigenvalue weighted by molar-refractivity contribution is 0.408. The van der Waals surface area contributed by atoms with Crippen LogP contribution in [-0.2, 0) is 6.54 Å². The number of rotatable bonds is 3. The van der Waals surface area contributed by atoms with Crippen LogP contribution < -0.4 is 10.3 Å². The molecule has 1 aromatic carbocycles. The van der Waals surface area contributed by atoms with Crippen LogP contribution in [0.25, 0.3) is 0 Å². The van der Waals surface area contributed by atoms with Crippen molar-refractivity contribution >= 4 is 12.2 Å². The smallest absolute Gasteiger partial charge is 0.251 e. The second-order valence-electron chi connectivity index (χ2n) is 3.55. The lowest BCUT2D eigenvalue weighted by atomic mass is 10.2. The summed E-state index contributed by atoms with van der Waals surface area (Å²) in [6, 6.07) is 9.16. The first-order valence-corrected chi connectivity index (χ1v) is 5.53. The standard InChI is InChI=1S/C12H12N2O2S/c1-16-10-5-3-2-4-9(10)8-14-7-6-11(15)13-12(14)17/h2-7H,8H2,1H3,(H,13,15,17). The van der Waals surface area contributed by atoms with Crippen molar-refractivity contribution in [1.82, 2.24) is 9.55 Å². The Morgan fingerprint density at radius 2 is 2.12 bits per heavy atom. The van der Waals surface area contributed by atoms with E-state index in [0.29, 0.717) is 11.3 Å². The monoisotopic (exact) mass is 248 g/mol. The van der Waals surface area contributed by atoms with Gasteiger partial charge < -0.3 is 9.30 Å². The van der Waals surface area contributed by atoms with Crippen LogP contribution in [0.15, 0.2) is 41.3 Å². The highest BCUT2D eigenvalue weighted by Gasteiger charge is 2.02. The molecule has 0 fully saturated rings. The zero-order valence-corrected chi connectivity index (χ0v) is 10.2. The van der Waals surface area contributed by atoms with Crippen LogP contribution in [0, 0.1) is 4.77 Å². The van der Waals surface area contributed by atoms with Gasteiger partial charge in [0.25, 0.3) is 5.56 Å². The molecule has 2 rings (SSSR count). The van der Waals surface area contributed by atoms with Crippen LogP contribution in [-0.4, -0.2) is 16.7 Å². The minimum atomic E-state index is -0.189. The largest absolute Gasteiger partial charge is 0.496 e. The Hall–Kier alpha value is -1.88. The van der Waals surface area contributed by atoms with Crippen LogP contribution >= 0.6 is 12.2 Å². The Morgan fingerprint density at radius 3 is 2.82 bits per heavy atom. The molecule has 0 aliphatic carbocycles. The number of methoxy groups -OCH3 is 1. The molecule has 2 aromatic rings. The highest BCUT2D eigenvalue weighted by Crippen LogP contribution is 2.18. The molecule has 0 aliphatic heterocycles. The zero-order valence-electron chi connectivity index (χ0n) is 9.34. The van der Waals surface area contributed by atoms with E-state index in [1.165, 1.54) is 6.07 Å². The van der Waals surface area contributed by atoms with Crippen molar-refractivity contribution in [3.8, 4) is 5.75 Å². The van der Waals surface area contributed by atoms with E-state index in [-0.39, 0.29) is 5.56 Å². The summed E-state index contributed by atoms with van der Waals surface area (Å²) in [5.74, 6) is 0.806. The molecule has 0 unspecified atom stereocenters. The zero-order chi connectivity index (χ0) is 12.3. The average Bonchev–Trinajstić information content (AvgIpc) is 2.33. The maximum absolute atomic E-state index is 11.1. The van der Waals surface area contributed by atoms with Gasteiger partial charge in [-0.2, -0.15) is 0 Å². The van der Waals surface area contributed by atoms with E-state index in [4.69, 9.17) is 17.0 Å². The third kappa shape index (κ3) is 2.62. The number of benzene rings is 1. The fraction of sp³-hybridized carbons (Fsp3) is 0.167. The second kappa shape index (κ2) is 4.97. The highest BCUT2D eigenvalue weighted by molar-refractivity contribution is 7.71. The molecule has 17 heavy (non-hydrogen) atoms. The van der Waals surface area contributed by atoms with Gasteiger partial charge in [0.1, 0.15) is 5.75 Å². The first-order valence-electron chi connectivity index (χ1n) is 5.12. The van der Waals surface area contributed by atoms with Gasteiger partial charge in [-0.05, 0) is 18.3 Å². The van der Waals surface area contributed by atoms with E-state index in [2.05, 4.69) is 4.98 Å². The van der Waals surface area contributed by atoms with Crippen molar-refractivity contribution < 1.29 is 4.74 Å². The summed E-state index contributed by atoms with van der Waals surface area (Å²) in [7, 11) is 1.63. The summed E-state index contributed by atoms with van der Waals surface area (Å²) in [5.41, 5.74) is 0.824. The number of hydrogen-bond acceptors (Lipinski definition) is 3. The first kappa shape index (κ1) is 11.6. The number of aromatic amines is 1. The highest BCUT2D eigenvalue weighted by atomic mass is 32.1. The van der Waals surface area contributed by atoms with Gasteiger partial charge in [0.2, 0.25) is 0 Å². The quantitative estimate of drug-likeness (QED) is 0.845. The number of ether oxygens (including phenoxy) is 1. The summed E-state index contributed by atoms with van der Waals surface area (Å²) < 4.78 is 7.45. The predicted octanol–water partition coefficient (Wildman–Crippen LogP) is 1.96. The number of aromatic nitrogens is 2. The van der Waals surface area contributed by atoms with Gasteiger partial charge in [-0.25, -0.2) is 0 Å². The molecule has 1 heterocycles. The minimum Gasteiger partial charge on any atom is -0.496 e. The molecule has 0 saturated heterocycles. The van der Waals surface area contributed by atoms with Gasteiger partial charge in [0.05, 0.1) is 13.7 Å². The van der Waals surface area contributed by atoms with Crippen LogP contribution in [0.1, 0.15) is 5.56 Å². The molecule has 0 saturated carbocycles. The third-order valence-electron chi connectivity index (χ3n) is 2.43. The number of H-pyrrole nitrogens is 1. The predicted molar refractivity (Wildman–Crippen MR) is 68.0 cm³/mol. The number of nitrogens with one attached hydrogen (secondary N) is 1. The van der Waals surface area contributed by atoms with Crippen molar-refractivity contribution in [3.05, 3.63) is 57.2 Å². The van der Waals surface area contributed by atoms with Crippen molar-refractivity contribution in [1.29, 1.82) is 0 Å². The Morgan fingerprint density at radius 1 is 1.35 bits per heavy atom. The maximum atomic E-state index is 11.1. The number of para-hydroxylation sites is 1. The molecule has 0 radical (unpaired) electrons. The van der Waals surface area contributed by atoms with E-state index >= 15 is 0 Å². The van der Waals surface area contributed by atoms with E-state index in [1.54, 1.807) is 17.9 Å². The molecule has 0 atom stereocenters. The summed E-state index contributed by atoms with van der Waals surface area (Å²) >= 11 is 5.08. The van der Waals surface area contributed by atoms with Gasteiger partial charge in [0, 0.05) is 17.8 Å². The number of hydrogen-bond donors (Lipinski definition) is 1. The SMILES string of the molecule is COc1ccccc1Cn1ccc(=O)[nH]c1=S. The van der Waals surface area contributed by atoms with Crippen LogP contribution in [0.2, 0.25) is 0 Å². The second-order valence-corrected chi connectivity index (χ2v) is 3.94. The maximum Gasteiger partial charge on any atom is 0.251 e. The molecular weight excluding hydrogens is 236 g/mol. The van der Waals surface area contributed by atoms with E-state index in [1.807, 2.05) is 24.3 Å². The molecule has 1 N–H and O–H groups in total. The number of nitrogens with zero attached hydrogens (tertiary/aromatic N) is 1. The fourth-order valence-electron chi connectivity index (χ4n) is 1.59. The molecule has 0 aliphatic rings. The Labute approximate surface area is 104 Å². The normalized spacial score (nSPS) is 10.2. The summed E-state index contributed by atoms with van der Waals surface area (Å²) in [6.07, 6.45) is 1.67. The van der Waals surface area contributed by atoms with Gasteiger partial charge in [-0.3, -0.25) is 9.78 Å². The molecule has 0 amide bonds. The average molecular weight is 248 g/mol. The molecule has 4 nitrogen and oxygen atoms in total. The summed E-state index contributed by atoms with van der Waals surface area (Å²) in [5, 5.41) is 0. The van der Waals surface area contributed by atoms with Gasteiger partial charge in [-0.15, -0.1) is 0 Å². The molecule has 0 bridgehead atoms. The van der Waals surface area contributed by atoms with E-state index < -0.39 is 0 Å². The minimum absolute atomic E-state index is 0.189. The molecule has 1 aromatic heterocycles. The van der Waals surface area contributed by atoms with Crippen LogP contribution in [0.5, 0.6) is 5.75 Å². The van der Waals surface area contributed by atoms with Crippen molar-refractivity contribution in [2.45, 2.75) is 6.54 Å². The summed E-state index contributed by atoms with van der Waals surface area (Å²) in [6.45, 7) is 0.569. The van der Waals surface area contributed by atoms with E-state index in [9.17, 15) is 4.79 Å². The third-order valence-corrected chi connectivity index (χ3v) is 2.77.